The van der Waals surface area contributed by atoms with Gasteiger partial charge in [0.2, 0.25) is 11.5 Å². The number of aryl methyl sites for hydroxylation is 3. The van der Waals surface area contributed by atoms with Gasteiger partial charge < -0.3 is 65.0 Å². The summed E-state index contributed by atoms with van der Waals surface area (Å²) in [6.45, 7) is 1.79. The third-order valence-corrected chi connectivity index (χ3v) is 17.7. The summed E-state index contributed by atoms with van der Waals surface area (Å²) >= 11 is 12.5. The van der Waals surface area contributed by atoms with E-state index in [1.807, 2.05) is 48.9 Å². The standard InChI is InChI=1S/C26H26BrN3O5S.C20H23NO4S.C7H7BrN2O2.C7H8N2O2.C6H5BrN2O2.Li.2H2O/c1-33-21-9-14-5-7-18(30-26(32)19-10-15(12-27)28-13-29-19)17-11-20(31)22(36-4)8-6-16(17)23(14)25(35-3)24(21)34-2;1-23-16-9-11-5-7-14(21)13-10-15(22)17(26-4)8-6-12(13)18(11)20(25-3)19(16)24-2;1-12-7(11)6-2-5(3-8)9-4-10-6;1-5-3-6(7(10)11-2)9-4-8-5;7-2-4-1-5(6(10)11)9-3-8-4;;;/h6,8-11,13,18H,5,7,12H2,1-4H3,(H,30,32);6,8-10,14H,5,7,21H2,1-4H3;2,4H,3H2,1H3;3-4H,1-2H3;1,3H,2H2,(H,10,11);;2*1H2/q;;;;;+1;;/p-1/t18-;14-;;;;;;/m00....../s1. The van der Waals surface area contributed by atoms with Crippen LogP contribution in [0.3, 0.4) is 0 Å². The Morgan fingerprint density at radius 2 is 0.929 bits per heavy atom. The number of methoxy groups -OCH3 is 8. The van der Waals surface area contributed by atoms with Gasteiger partial charge in [-0.1, -0.05) is 59.9 Å². The third-order valence-electron chi connectivity index (χ3n) is 14.4. The maximum absolute atomic E-state index is 13.2. The van der Waals surface area contributed by atoms with Crippen molar-refractivity contribution in [1.29, 1.82) is 0 Å². The Labute approximate surface area is 616 Å². The fourth-order valence-electron chi connectivity index (χ4n) is 9.89. The summed E-state index contributed by atoms with van der Waals surface area (Å²) in [6, 6.07) is 20.3. The van der Waals surface area contributed by atoms with Gasteiger partial charge in [0.15, 0.2) is 50.9 Å². The Hall–Kier alpha value is -8.16. The molecular weight excluding hydrogens is 1520 g/mol. The number of esters is 2. The van der Waals surface area contributed by atoms with Crippen molar-refractivity contribution < 1.29 is 92.0 Å². The predicted molar refractivity (Wildman–Crippen MR) is 379 cm³/mol. The topological polar surface area (TPSA) is 399 Å². The molecular formula is C66H72Br3LiN10O17S2. The molecule has 10 rings (SSSR count). The molecule has 7 N–H and O–H groups in total. The number of carboxylic acids is 1. The fraction of sp³-hybridized carbons (Fsp3) is 0.303. The second kappa shape index (κ2) is 42.1. The first-order valence-electron chi connectivity index (χ1n) is 28.7. The molecule has 2 aliphatic carbocycles. The van der Waals surface area contributed by atoms with Crippen molar-refractivity contribution in [3.05, 3.63) is 186 Å². The SMILES string of the molecule is COC(=O)c1cc(C)ncn1.COC(=O)c1cc(CBr)ncn1.COc1cc2c(c(OC)c1OC)-c1ccc(SC)c(=O)cc1[C@@H](N)CC2.COc1cc2c(c(OC)c1OC)-c1ccc(SC)c(=O)cc1[C@@H](NC(=O)c1cc(CBr)ncn1)CC2.O.O=C(O)c1cc(CBr)ncn1.[Li+].[OH-]. The second-order valence-electron chi connectivity index (χ2n) is 20.0. The number of benzene rings is 2. The van der Waals surface area contributed by atoms with Gasteiger partial charge in [0, 0.05) is 38.9 Å². The van der Waals surface area contributed by atoms with Crippen LogP contribution in [-0.4, -0.2) is 149 Å². The summed E-state index contributed by atoms with van der Waals surface area (Å²) in [6.07, 6.45) is 11.7. The zero-order chi connectivity index (χ0) is 70.2. The zero-order valence-corrected chi connectivity index (χ0v) is 62.4. The van der Waals surface area contributed by atoms with Crippen LogP contribution in [0.2, 0.25) is 0 Å². The number of hydrogen-bond donors (Lipinski definition) is 3. The van der Waals surface area contributed by atoms with Crippen LogP contribution in [0.1, 0.15) is 112 Å². The number of aromatic carboxylic acids is 1. The molecule has 522 valence electrons. The van der Waals surface area contributed by atoms with Crippen LogP contribution < -0.4 is 69.2 Å². The van der Waals surface area contributed by atoms with Gasteiger partial charge in [-0.15, -0.1) is 23.5 Å². The Kier molecular flexibility index (Phi) is 36.1. The number of nitrogens with zero attached hydrogens (tertiary/aromatic N) is 8. The van der Waals surface area contributed by atoms with E-state index in [9.17, 15) is 28.8 Å². The van der Waals surface area contributed by atoms with Crippen LogP contribution >= 0.6 is 71.3 Å². The first-order valence-corrected chi connectivity index (χ1v) is 34.5. The quantitative estimate of drug-likeness (QED) is 0.0388. The molecule has 8 aromatic rings. The first-order chi connectivity index (χ1) is 46.2. The van der Waals surface area contributed by atoms with Crippen molar-refractivity contribution in [2.45, 2.75) is 70.5 Å². The van der Waals surface area contributed by atoms with Crippen LogP contribution in [0.25, 0.3) is 22.3 Å². The van der Waals surface area contributed by atoms with Crippen LogP contribution in [0, 0.1) is 6.92 Å². The fourth-order valence-corrected chi connectivity index (χ4v) is 11.7. The minimum absolute atomic E-state index is 0. The molecule has 99 heavy (non-hydrogen) atoms. The molecule has 4 heterocycles. The number of ether oxygens (including phenoxy) is 8. The van der Waals surface area contributed by atoms with E-state index >= 15 is 0 Å². The first kappa shape index (κ1) is 85.1. The van der Waals surface area contributed by atoms with Crippen LogP contribution in [-0.2, 0) is 38.3 Å². The molecule has 2 atom stereocenters. The van der Waals surface area contributed by atoms with Gasteiger partial charge in [0.05, 0.1) is 89.8 Å². The third kappa shape index (κ3) is 21.9. The number of carboxylic acid groups (broad SMARTS) is 1. The second-order valence-corrected chi connectivity index (χ2v) is 23.4. The van der Waals surface area contributed by atoms with E-state index < -0.39 is 23.9 Å². The Morgan fingerprint density at radius 3 is 1.34 bits per heavy atom. The molecule has 27 nitrogen and oxygen atoms in total. The van der Waals surface area contributed by atoms with Crippen molar-refractivity contribution in [3.63, 3.8) is 0 Å². The van der Waals surface area contributed by atoms with E-state index in [1.165, 1.54) is 69.1 Å². The number of rotatable bonds is 16. The van der Waals surface area contributed by atoms with Gasteiger partial charge >= 0.3 is 36.8 Å². The minimum atomic E-state index is -1.03. The molecule has 0 saturated heterocycles. The molecule has 4 aromatic carbocycles. The number of amides is 1. The summed E-state index contributed by atoms with van der Waals surface area (Å²) in [5, 5.41) is 13.2. The summed E-state index contributed by atoms with van der Waals surface area (Å²) in [4.78, 5) is 103. The molecule has 0 aliphatic heterocycles. The largest absolute Gasteiger partial charge is 1.00 e. The number of halogens is 3. The van der Waals surface area contributed by atoms with Gasteiger partial charge in [-0.2, -0.15) is 0 Å². The smallest absolute Gasteiger partial charge is 0.870 e. The van der Waals surface area contributed by atoms with E-state index in [2.05, 4.69) is 102 Å². The molecule has 0 bridgehead atoms. The predicted octanol–water partition coefficient (Wildman–Crippen LogP) is 6.77. The number of alkyl halides is 3. The average molecular weight is 1590 g/mol. The van der Waals surface area contributed by atoms with Crippen LogP contribution in [0.15, 0.2) is 117 Å². The Morgan fingerprint density at radius 1 is 0.535 bits per heavy atom. The normalized spacial score (nSPS) is 12.5. The molecule has 1 amide bonds. The summed E-state index contributed by atoms with van der Waals surface area (Å²) in [5.41, 5.74) is 17.0. The van der Waals surface area contributed by atoms with Gasteiger partial charge in [0.1, 0.15) is 31.0 Å². The number of carbonyl (C=O) groups is 4. The summed E-state index contributed by atoms with van der Waals surface area (Å²) in [5.74, 6) is 1.04. The number of nitrogens with two attached hydrogens (primary N) is 1. The van der Waals surface area contributed by atoms with Crippen molar-refractivity contribution >= 4 is 95.1 Å². The molecule has 4 aromatic heterocycles. The van der Waals surface area contributed by atoms with Gasteiger partial charge in [-0.05, 0) is 139 Å². The number of nitrogens with one attached hydrogen (secondary N) is 1. The monoisotopic (exact) mass is 1580 g/mol. The van der Waals surface area contributed by atoms with Gasteiger partial charge in [-0.3, -0.25) is 14.4 Å². The summed E-state index contributed by atoms with van der Waals surface area (Å²) in [7, 11) is 12.2. The van der Waals surface area contributed by atoms with E-state index in [4.69, 9.17) is 39.3 Å². The van der Waals surface area contributed by atoms with Crippen molar-refractivity contribution in [3.8, 4) is 56.8 Å². The molecule has 0 saturated carbocycles. The zero-order valence-electron chi connectivity index (χ0n) is 56.1. The Bertz CT molecular complexity index is 4240. The van der Waals surface area contributed by atoms with E-state index in [1.54, 1.807) is 79.9 Å². The number of carbonyl (C=O) groups excluding carboxylic acids is 3. The molecule has 0 unspecified atom stereocenters. The van der Waals surface area contributed by atoms with E-state index in [-0.39, 0.29) is 69.7 Å². The van der Waals surface area contributed by atoms with Gasteiger partial charge in [0.25, 0.3) is 5.91 Å². The maximum Gasteiger partial charge on any atom is 1.00 e. The van der Waals surface area contributed by atoms with Crippen LogP contribution in [0.4, 0.5) is 0 Å². The van der Waals surface area contributed by atoms with Crippen molar-refractivity contribution in [1.82, 2.24) is 45.2 Å². The molecule has 2 aliphatic rings. The van der Waals surface area contributed by atoms with Crippen molar-refractivity contribution in [2.75, 3.05) is 69.4 Å². The van der Waals surface area contributed by atoms with Crippen LogP contribution in [0.5, 0.6) is 34.5 Å². The number of fused-ring (bicyclic) bond motifs is 6. The number of aromatic nitrogens is 8. The minimum Gasteiger partial charge on any atom is -0.870 e. The van der Waals surface area contributed by atoms with E-state index in [0.717, 1.165) is 63.2 Å². The maximum atomic E-state index is 13.2. The molecule has 0 fully saturated rings. The van der Waals surface area contributed by atoms with Crippen molar-refractivity contribution in [2.24, 2.45) is 5.73 Å². The molecule has 0 radical (unpaired) electrons. The summed E-state index contributed by atoms with van der Waals surface area (Å²) < 4.78 is 42.7. The van der Waals surface area contributed by atoms with E-state index in [0.29, 0.717) is 95.8 Å². The average Bonchev–Trinajstić information content (AvgIpc) is 1.71. The Balaban J connectivity index is 0.000000351. The number of thioether (sulfide) groups is 2. The van der Waals surface area contributed by atoms with Gasteiger partial charge in [-0.25, -0.2) is 54.3 Å². The number of hydrogen-bond acceptors (Lipinski definition) is 26. The molecule has 33 heteroatoms. The molecule has 0 spiro atoms.